The lowest BCUT2D eigenvalue weighted by molar-refractivity contribution is -0.131. The molecule has 0 bridgehead atoms. The van der Waals surface area contributed by atoms with Crippen molar-refractivity contribution in [3.63, 3.8) is 0 Å². The third-order valence-electron chi connectivity index (χ3n) is 4.82. The Morgan fingerprint density at radius 3 is 2.93 bits per heavy atom. The summed E-state index contributed by atoms with van der Waals surface area (Å²) in [6.07, 6.45) is 0.896. The van der Waals surface area contributed by atoms with E-state index in [9.17, 15) is 14.0 Å². The van der Waals surface area contributed by atoms with Gasteiger partial charge in [0.15, 0.2) is 11.9 Å². The Morgan fingerprint density at radius 1 is 1.33 bits per heavy atom. The smallest absolute Gasteiger partial charge is 0.274 e. The minimum Gasteiger partial charge on any atom is -0.365 e. The number of nitrogens with zero attached hydrogens (tertiary/aromatic N) is 4. The Balaban J connectivity index is 1.40. The summed E-state index contributed by atoms with van der Waals surface area (Å²) in [5.74, 6) is -0.829. The van der Waals surface area contributed by atoms with E-state index in [4.69, 9.17) is 4.74 Å². The lowest BCUT2D eigenvalue weighted by Gasteiger charge is -2.31. The number of aromatic nitrogens is 4. The summed E-state index contributed by atoms with van der Waals surface area (Å²) in [6.45, 7) is 3.32. The van der Waals surface area contributed by atoms with Crippen molar-refractivity contribution in [1.82, 2.24) is 24.9 Å². The molecule has 30 heavy (non-hydrogen) atoms. The molecule has 10 heteroatoms. The van der Waals surface area contributed by atoms with Gasteiger partial charge in [-0.2, -0.15) is 10.2 Å². The fourth-order valence-electron chi connectivity index (χ4n) is 3.22. The van der Waals surface area contributed by atoms with Crippen LogP contribution in [0.25, 0.3) is 11.3 Å². The minimum absolute atomic E-state index is 0.105. The second-order valence-electron chi connectivity index (χ2n) is 6.80. The Kier molecular flexibility index (Phi) is 5.57. The van der Waals surface area contributed by atoms with Crippen LogP contribution >= 0.6 is 0 Å². The summed E-state index contributed by atoms with van der Waals surface area (Å²) >= 11 is 0. The Bertz CT molecular complexity index is 1060. The summed E-state index contributed by atoms with van der Waals surface area (Å²) in [6, 6.07) is 9.46. The predicted octanol–water partition coefficient (Wildman–Crippen LogP) is 1.91. The molecule has 0 radical (unpaired) electrons. The molecule has 0 saturated carbocycles. The number of aromatic amines is 1. The molecule has 156 valence electrons. The summed E-state index contributed by atoms with van der Waals surface area (Å²) in [4.78, 5) is 26.8. The van der Waals surface area contributed by atoms with Crippen molar-refractivity contribution in [2.45, 2.75) is 19.6 Å². The molecule has 2 aromatic heterocycles. The maximum atomic E-state index is 13.9. The highest BCUT2D eigenvalue weighted by Crippen LogP contribution is 2.22. The van der Waals surface area contributed by atoms with E-state index in [1.54, 1.807) is 46.1 Å². The minimum atomic E-state index is -0.843. The second kappa shape index (κ2) is 8.46. The summed E-state index contributed by atoms with van der Waals surface area (Å²) in [5.41, 5.74) is 1.12. The van der Waals surface area contributed by atoms with E-state index in [1.165, 1.54) is 6.07 Å². The number of halogens is 1. The lowest BCUT2D eigenvalue weighted by Crippen LogP contribution is -2.50. The largest absolute Gasteiger partial charge is 0.365 e. The van der Waals surface area contributed by atoms with Crippen molar-refractivity contribution < 1.29 is 18.7 Å². The molecule has 1 saturated heterocycles. The molecule has 2 amide bonds. The average Bonchev–Trinajstić information content (AvgIpc) is 3.43. The van der Waals surface area contributed by atoms with Gasteiger partial charge >= 0.3 is 0 Å². The molecule has 1 unspecified atom stereocenters. The summed E-state index contributed by atoms with van der Waals surface area (Å²) < 4.78 is 21.1. The first-order valence-electron chi connectivity index (χ1n) is 9.60. The lowest BCUT2D eigenvalue weighted by atomic mass is 10.1. The van der Waals surface area contributed by atoms with Gasteiger partial charge in [0.05, 0.1) is 18.8 Å². The highest BCUT2D eigenvalue weighted by molar-refractivity contribution is 5.96. The molecule has 0 aliphatic carbocycles. The van der Waals surface area contributed by atoms with Gasteiger partial charge in [0.1, 0.15) is 11.5 Å². The van der Waals surface area contributed by atoms with Gasteiger partial charge in [0, 0.05) is 30.9 Å². The molecule has 4 rings (SSSR count). The van der Waals surface area contributed by atoms with Crippen molar-refractivity contribution >= 4 is 17.6 Å². The highest BCUT2D eigenvalue weighted by atomic mass is 19.1. The summed E-state index contributed by atoms with van der Waals surface area (Å²) in [5, 5.41) is 13.6. The van der Waals surface area contributed by atoms with Gasteiger partial charge < -0.3 is 15.0 Å². The van der Waals surface area contributed by atoms with Gasteiger partial charge in [0.25, 0.3) is 11.8 Å². The van der Waals surface area contributed by atoms with Crippen molar-refractivity contribution in [2.75, 3.05) is 25.0 Å². The number of hydrogen-bond donors (Lipinski definition) is 2. The first-order chi connectivity index (χ1) is 14.5. The molecule has 3 heterocycles. The van der Waals surface area contributed by atoms with E-state index in [-0.39, 0.29) is 24.9 Å². The molecule has 2 N–H and O–H groups in total. The zero-order chi connectivity index (χ0) is 21.1. The van der Waals surface area contributed by atoms with Crippen LogP contribution in [0.15, 0.2) is 42.6 Å². The van der Waals surface area contributed by atoms with E-state index in [0.717, 1.165) is 0 Å². The van der Waals surface area contributed by atoms with Gasteiger partial charge in [0.2, 0.25) is 0 Å². The molecule has 1 aliphatic rings. The van der Waals surface area contributed by atoms with Crippen molar-refractivity contribution in [3.05, 3.63) is 54.1 Å². The van der Waals surface area contributed by atoms with Crippen LogP contribution in [0.4, 0.5) is 10.2 Å². The maximum Gasteiger partial charge on any atom is 0.274 e. The fraction of sp³-hybridized carbons (Fsp3) is 0.300. The van der Waals surface area contributed by atoms with Gasteiger partial charge in [-0.05, 0) is 25.1 Å². The van der Waals surface area contributed by atoms with Gasteiger partial charge in [-0.25, -0.2) is 4.39 Å². The topological polar surface area (TPSA) is 105 Å². The van der Waals surface area contributed by atoms with Crippen LogP contribution in [-0.4, -0.2) is 62.5 Å². The molecular weight excluding hydrogens is 391 g/mol. The van der Waals surface area contributed by atoms with Crippen molar-refractivity contribution in [1.29, 1.82) is 0 Å². The molecule has 9 nitrogen and oxygen atoms in total. The zero-order valence-corrected chi connectivity index (χ0v) is 16.3. The Hall–Kier alpha value is -3.53. The van der Waals surface area contributed by atoms with Gasteiger partial charge in [-0.3, -0.25) is 19.4 Å². The van der Waals surface area contributed by atoms with Crippen LogP contribution in [0.1, 0.15) is 17.4 Å². The van der Waals surface area contributed by atoms with E-state index in [0.29, 0.717) is 30.0 Å². The normalized spacial score (nSPS) is 16.5. The number of aryl methyl sites for hydroxylation is 1. The molecule has 1 fully saturated rings. The van der Waals surface area contributed by atoms with Crippen molar-refractivity contribution in [2.24, 2.45) is 0 Å². The van der Waals surface area contributed by atoms with Crippen LogP contribution in [0.3, 0.4) is 0 Å². The molecular formula is C20H21FN6O3. The number of morpholine rings is 1. The SMILES string of the molecule is CCn1ccc(C(=O)N2CCOC(C(=O)Nc3cc(-c4ccccc4F)[nH]n3)C2)n1. The number of anilines is 1. The Labute approximate surface area is 171 Å². The number of carbonyl (C=O) groups is 2. The molecule has 0 spiro atoms. The van der Waals surface area contributed by atoms with Gasteiger partial charge in [-0.1, -0.05) is 12.1 Å². The van der Waals surface area contributed by atoms with Crippen LogP contribution in [0.5, 0.6) is 0 Å². The number of amides is 2. The monoisotopic (exact) mass is 412 g/mol. The Morgan fingerprint density at radius 2 is 2.17 bits per heavy atom. The van der Waals surface area contributed by atoms with E-state index in [2.05, 4.69) is 20.6 Å². The maximum absolute atomic E-state index is 13.9. The van der Waals surface area contributed by atoms with Crippen LogP contribution in [-0.2, 0) is 16.1 Å². The quantitative estimate of drug-likeness (QED) is 0.666. The fourth-order valence-corrected chi connectivity index (χ4v) is 3.22. The number of hydrogen-bond acceptors (Lipinski definition) is 5. The van der Waals surface area contributed by atoms with Crippen molar-refractivity contribution in [3.8, 4) is 11.3 Å². The highest BCUT2D eigenvalue weighted by Gasteiger charge is 2.31. The first-order valence-corrected chi connectivity index (χ1v) is 9.60. The predicted molar refractivity (Wildman–Crippen MR) is 106 cm³/mol. The van der Waals surface area contributed by atoms with Crippen LogP contribution < -0.4 is 5.32 Å². The van der Waals surface area contributed by atoms with Crippen LogP contribution in [0, 0.1) is 5.82 Å². The number of H-pyrrole nitrogens is 1. The average molecular weight is 412 g/mol. The molecule has 1 aliphatic heterocycles. The standard InChI is InChI=1S/C20H21FN6O3/c1-2-27-8-7-15(25-27)20(29)26-9-10-30-17(12-26)19(28)22-18-11-16(23-24-18)13-5-3-4-6-14(13)21/h3-8,11,17H,2,9-10,12H2,1H3,(H2,22,23,24,28). The number of rotatable bonds is 5. The van der Waals surface area contributed by atoms with E-state index in [1.807, 2.05) is 6.92 Å². The summed E-state index contributed by atoms with van der Waals surface area (Å²) in [7, 11) is 0. The molecule has 1 atom stereocenters. The van der Waals surface area contributed by atoms with Gasteiger partial charge in [-0.15, -0.1) is 0 Å². The zero-order valence-electron chi connectivity index (χ0n) is 16.3. The number of ether oxygens (including phenoxy) is 1. The first kappa shape index (κ1) is 19.8. The third-order valence-corrected chi connectivity index (χ3v) is 4.82. The second-order valence-corrected chi connectivity index (χ2v) is 6.80. The van der Waals surface area contributed by atoms with E-state index >= 15 is 0 Å². The number of benzene rings is 1. The molecule has 3 aromatic rings. The number of nitrogens with one attached hydrogen (secondary N) is 2. The number of carbonyl (C=O) groups excluding carboxylic acids is 2. The molecule has 1 aromatic carbocycles. The third kappa shape index (κ3) is 4.08. The van der Waals surface area contributed by atoms with E-state index < -0.39 is 17.8 Å². The van der Waals surface area contributed by atoms with Crippen LogP contribution in [0.2, 0.25) is 0 Å².